The molecule has 0 spiro atoms. The van der Waals surface area contributed by atoms with E-state index in [9.17, 15) is 4.79 Å². The Hall–Kier alpha value is -3.14. The van der Waals surface area contributed by atoms with E-state index in [1.165, 1.54) is 6.07 Å². The van der Waals surface area contributed by atoms with Crippen LogP contribution in [0.2, 0.25) is 10.0 Å². The maximum atomic E-state index is 12.6. The fourth-order valence-corrected chi connectivity index (χ4v) is 2.70. The van der Waals surface area contributed by atoms with E-state index in [1.807, 2.05) is 0 Å². The number of hydrogen-bond donors (Lipinski definition) is 2. The van der Waals surface area contributed by atoms with Crippen LogP contribution in [0.25, 0.3) is 0 Å². The first-order valence-electron chi connectivity index (χ1n) is 7.84. The van der Waals surface area contributed by atoms with Crippen molar-refractivity contribution in [3.63, 3.8) is 0 Å². The van der Waals surface area contributed by atoms with Crippen molar-refractivity contribution in [3.05, 3.63) is 75.7 Å². The summed E-state index contributed by atoms with van der Waals surface area (Å²) in [5, 5.41) is 15.3. The number of aryl methyl sites for hydroxylation is 1. The van der Waals surface area contributed by atoms with Crippen LogP contribution < -0.4 is 10.6 Å². The Morgan fingerprint density at radius 1 is 1.11 bits per heavy atom. The first kappa shape index (κ1) is 18.6. The summed E-state index contributed by atoms with van der Waals surface area (Å²) in [6.07, 6.45) is 0. The van der Waals surface area contributed by atoms with Gasteiger partial charge in [-0.3, -0.25) is 4.79 Å². The highest BCUT2D eigenvalue weighted by Crippen LogP contribution is 2.29. The van der Waals surface area contributed by atoms with Crippen molar-refractivity contribution in [2.75, 3.05) is 10.6 Å². The van der Waals surface area contributed by atoms with Crippen molar-refractivity contribution in [1.29, 1.82) is 5.26 Å². The van der Waals surface area contributed by atoms with Crippen LogP contribution in [0.4, 0.5) is 17.2 Å². The van der Waals surface area contributed by atoms with Gasteiger partial charge in [0.25, 0.3) is 5.91 Å². The lowest BCUT2D eigenvalue weighted by molar-refractivity contribution is 0.102. The van der Waals surface area contributed by atoms with Gasteiger partial charge >= 0.3 is 0 Å². The molecule has 134 valence electrons. The maximum Gasteiger partial charge on any atom is 0.274 e. The molecule has 2 aromatic carbocycles. The topological polar surface area (TPSA) is 90.7 Å². The third-order valence-electron chi connectivity index (χ3n) is 3.53. The van der Waals surface area contributed by atoms with E-state index in [0.29, 0.717) is 33.6 Å². The Kier molecular flexibility index (Phi) is 5.55. The summed E-state index contributed by atoms with van der Waals surface area (Å²) >= 11 is 12.1. The van der Waals surface area contributed by atoms with Crippen LogP contribution >= 0.6 is 23.2 Å². The minimum absolute atomic E-state index is 0.164. The van der Waals surface area contributed by atoms with Crippen LogP contribution in [0.5, 0.6) is 0 Å². The number of carbonyl (C=O) groups excluding carboxylic acids is 1. The lowest BCUT2D eigenvalue weighted by atomic mass is 10.2. The second-order valence-corrected chi connectivity index (χ2v) is 6.34. The second-order valence-electron chi connectivity index (χ2n) is 5.56. The third-order valence-corrected chi connectivity index (χ3v) is 4.35. The summed E-state index contributed by atoms with van der Waals surface area (Å²) in [7, 11) is 0. The van der Waals surface area contributed by atoms with Crippen molar-refractivity contribution < 1.29 is 4.79 Å². The number of rotatable bonds is 4. The minimum atomic E-state index is -0.446. The van der Waals surface area contributed by atoms with Crippen molar-refractivity contribution >= 4 is 46.3 Å². The van der Waals surface area contributed by atoms with Gasteiger partial charge in [-0.25, -0.2) is 9.97 Å². The van der Waals surface area contributed by atoms with E-state index >= 15 is 0 Å². The molecular weight excluding hydrogens is 385 g/mol. The fourth-order valence-electron chi connectivity index (χ4n) is 2.35. The molecule has 0 bridgehead atoms. The summed E-state index contributed by atoms with van der Waals surface area (Å²) in [5.41, 5.74) is 1.75. The molecule has 3 rings (SSSR count). The van der Waals surface area contributed by atoms with Gasteiger partial charge in [0.15, 0.2) is 0 Å². The summed E-state index contributed by atoms with van der Waals surface area (Å²) in [6, 6.07) is 15.5. The maximum absolute atomic E-state index is 12.6. The number of nitriles is 1. The van der Waals surface area contributed by atoms with Crippen LogP contribution in [-0.2, 0) is 0 Å². The molecule has 3 aromatic rings. The van der Waals surface area contributed by atoms with E-state index in [2.05, 4.69) is 26.7 Å². The van der Waals surface area contributed by atoms with E-state index in [1.54, 1.807) is 49.4 Å². The van der Waals surface area contributed by atoms with Gasteiger partial charge in [-0.05, 0) is 37.3 Å². The molecule has 0 aliphatic carbocycles. The normalized spacial score (nSPS) is 10.1. The van der Waals surface area contributed by atoms with Crippen LogP contribution in [0.3, 0.4) is 0 Å². The molecule has 0 atom stereocenters. The Morgan fingerprint density at radius 3 is 2.67 bits per heavy atom. The molecule has 0 aliphatic heterocycles. The number of nitrogens with zero attached hydrogens (tertiary/aromatic N) is 3. The second kappa shape index (κ2) is 8.04. The zero-order valence-electron chi connectivity index (χ0n) is 14.1. The van der Waals surface area contributed by atoms with Gasteiger partial charge in [-0.15, -0.1) is 0 Å². The molecule has 0 saturated carbocycles. The molecule has 0 radical (unpaired) electrons. The Morgan fingerprint density at radius 2 is 1.89 bits per heavy atom. The van der Waals surface area contributed by atoms with Crippen molar-refractivity contribution in [2.24, 2.45) is 0 Å². The van der Waals surface area contributed by atoms with E-state index in [0.717, 1.165) is 0 Å². The SMILES string of the molecule is Cc1nc(Nc2cccc(C#N)c2)cc(C(=O)Nc2cccc(Cl)c2Cl)n1. The number of nitrogens with one attached hydrogen (secondary N) is 2. The molecule has 27 heavy (non-hydrogen) atoms. The standard InChI is InChI=1S/C19H13Cl2N5O/c1-11-23-16(19(27)26-15-7-3-6-14(20)18(15)21)9-17(24-11)25-13-5-2-4-12(8-13)10-22/h2-9H,1H3,(H,26,27)(H,23,24,25). The predicted octanol–water partition coefficient (Wildman–Crippen LogP) is 4.96. The molecule has 2 N–H and O–H groups in total. The highest BCUT2D eigenvalue weighted by atomic mass is 35.5. The highest BCUT2D eigenvalue weighted by Gasteiger charge is 2.14. The van der Waals surface area contributed by atoms with E-state index < -0.39 is 5.91 Å². The first-order chi connectivity index (χ1) is 13.0. The highest BCUT2D eigenvalue weighted by molar-refractivity contribution is 6.44. The van der Waals surface area contributed by atoms with Crippen LogP contribution in [-0.4, -0.2) is 15.9 Å². The fraction of sp³-hybridized carbons (Fsp3) is 0.0526. The van der Waals surface area contributed by atoms with Crippen molar-refractivity contribution in [1.82, 2.24) is 9.97 Å². The van der Waals surface area contributed by atoms with Crippen molar-refractivity contribution in [3.8, 4) is 6.07 Å². The monoisotopic (exact) mass is 397 g/mol. The van der Waals surface area contributed by atoms with Gasteiger partial charge in [-0.2, -0.15) is 5.26 Å². The zero-order valence-corrected chi connectivity index (χ0v) is 15.6. The van der Waals surface area contributed by atoms with E-state index in [-0.39, 0.29) is 10.7 Å². The van der Waals surface area contributed by atoms with Gasteiger partial charge in [0.05, 0.1) is 27.4 Å². The van der Waals surface area contributed by atoms with Crippen molar-refractivity contribution in [2.45, 2.75) is 6.92 Å². The Bertz CT molecular complexity index is 1060. The summed E-state index contributed by atoms with van der Waals surface area (Å²) in [4.78, 5) is 21.0. The molecule has 0 unspecified atom stereocenters. The molecule has 1 heterocycles. The number of halogens is 2. The number of hydrogen-bond acceptors (Lipinski definition) is 5. The van der Waals surface area contributed by atoms with Crippen LogP contribution in [0.1, 0.15) is 21.9 Å². The van der Waals surface area contributed by atoms with Gasteiger partial charge in [0.1, 0.15) is 17.3 Å². The average Bonchev–Trinajstić information content (AvgIpc) is 2.65. The van der Waals surface area contributed by atoms with Gasteiger partial charge in [-0.1, -0.05) is 35.3 Å². The van der Waals surface area contributed by atoms with Crippen LogP contribution in [0.15, 0.2) is 48.5 Å². The van der Waals surface area contributed by atoms with Gasteiger partial charge in [0.2, 0.25) is 0 Å². The molecule has 1 amide bonds. The van der Waals surface area contributed by atoms with Crippen LogP contribution in [0, 0.1) is 18.3 Å². The number of anilines is 3. The van der Waals surface area contributed by atoms with Gasteiger partial charge in [0, 0.05) is 11.8 Å². The van der Waals surface area contributed by atoms with Gasteiger partial charge < -0.3 is 10.6 Å². The lowest BCUT2D eigenvalue weighted by Crippen LogP contribution is -2.15. The summed E-state index contributed by atoms with van der Waals surface area (Å²) < 4.78 is 0. The quantitative estimate of drug-likeness (QED) is 0.648. The number of benzene rings is 2. The average molecular weight is 398 g/mol. The lowest BCUT2D eigenvalue weighted by Gasteiger charge is -2.10. The summed E-state index contributed by atoms with van der Waals surface area (Å²) in [5.74, 6) is 0.400. The molecule has 0 aliphatic rings. The number of aromatic nitrogens is 2. The van der Waals surface area contributed by atoms with E-state index in [4.69, 9.17) is 28.5 Å². The first-order valence-corrected chi connectivity index (χ1v) is 8.60. The predicted molar refractivity (Wildman–Crippen MR) is 106 cm³/mol. The minimum Gasteiger partial charge on any atom is -0.340 e. The third kappa shape index (κ3) is 4.53. The Balaban J connectivity index is 1.85. The molecule has 6 nitrogen and oxygen atoms in total. The Labute approximate surface area is 165 Å². The molecule has 8 heteroatoms. The molecular formula is C19H13Cl2N5O. The molecule has 0 fully saturated rings. The molecule has 0 saturated heterocycles. The summed E-state index contributed by atoms with van der Waals surface area (Å²) in [6.45, 7) is 1.68. The smallest absolute Gasteiger partial charge is 0.274 e. The zero-order chi connectivity index (χ0) is 19.4. The molecule has 1 aromatic heterocycles. The number of amides is 1. The largest absolute Gasteiger partial charge is 0.340 e. The number of carbonyl (C=O) groups is 1.